The van der Waals surface area contributed by atoms with Gasteiger partial charge in [0.1, 0.15) is 30.2 Å². The monoisotopic (exact) mass is 700 g/mol. The van der Waals surface area contributed by atoms with Crippen molar-refractivity contribution in [1.82, 2.24) is 24.8 Å². The van der Waals surface area contributed by atoms with Gasteiger partial charge in [0.2, 0.25) is 0 Å². The standard InChI is InChI=1S/C31H34ClFN7O.C3H3F3.C2H6/c1-2-12-40-17-21(40)16-38(19-40)29-23-15-35-27(22-14-34-13-20-6-3-7-24(32)25(20)22)26(33)28(23)36-30(37-29)41-18-31-8-4-10-39(31)11-5-9-31;1-2-3(4,5)6;1-2/h3,6-7,13-15,21H,2,4-5,8-12,16-19H2,1H3;2H,1H2;1-2H3/q+1;;. The molecule has 0 amide bonds. The van der Waals surface area contributed by atoms with E-state index in [9.17, 15) is 13.2 Å². The summed E-state index contributed by atoms with van der Waals surface area (Å²) in [7, 11) is 0. The molecule has 8 rings (SSSR count). The first-order valence-corrected chi connectivity index (χ1v) is 17.5. The minimum absolute atomic E-state index is 0.0448. The second-order valence-corrected chi connectivity index (χ2v) is 13.5. The van der Waals surface area contributed by atoms with Crippen LogP contribution in [0.25, 0.3) is 32.9 Å². The molecule has 13 heteroatoms. The first-order valence-electron chi connectivity index (χ1n) is 17.1. The second-order valence-electron chi connectivity index (χ2n) is 13.1. The molecule has 7 heterocycles. The molecular weight excluding hydrogens is 658 g/mol. The summed E-state index contributed by atoms with van der Waals surface area (Å²) in [6.45, 7) is 15.6. The number of anilines is 1. The summed E-state index contributed by atoms with van der Waals surface area (Å²) in [6, 6.07) is 6.43. The molecule has 2 atom stereocenters. The van der Waals surface area contributed by atoms with Crippen molar-refractivity contribution in [2.75, 3.05) is 50.9 Å². The van der Waals surface area contributed by atoms with E-state index < -0.39 is 12.0 Å². The summed E-state index contributed by atoms with van der Waals surface area (Å²) in [5, 5.41) is 2.69. The summed E-state index contributed by atoms with van der Waals surface area (Å²) in [4.78, 5) is 23.5. The Morgan fingerprint density at radius 2 is 1.86 bits per heavy atom. The number of ether oxygens (including phenoxy) is 1. The third-order valence-corrected chi connectivity index (χ3v) is 10.5. The van der Waals surface area contributed by atoms with Gasteiger partial charge in [0.25, 0.3) is 0 Å². The predicted molar refractivity (Wildman–Crippen MR) is 185 cm³/mol. The number of fused-ring (bicyclic) bond motifs is 4. The summed E-state index contributed by atoms with van der Waals surface area (Å²) < 4.78 is 56.1. The van der Waals surface area contributed by atoms with Gasteiger partial charge in [-0.3, -0.25) is 19.4 Å². The molecule has 4 aliphatic rings. The number of hydrogen-bond acceptors (Lipinski definition) is 7. The molecule has 0 N–H and O–H groups in total. The summed E-state index contributed by atoms with van der Waals surface area (Å²) in [6.07, 6.45) is 6.56. The van der Waals surface area contributed by atoms with Gasteiger partial charge < -0.3 is 9.64 Å². The van der Waals surface area contributed by atoms with Gasteiger partial charge in [0.15, 0.2) is 18.5 Å². The molecule has 262 valence electrons. The highest BCUT2D eigenvalue weighted by molar-refractivity contribution is 6.36. The van der Waals surface area contributed by atoms with Crippen molar-refractivity contribution in [1.29, 1.82) is 0 Å². The topological polar surface area (TPSA) is 67.3 Å². The van der Waals surface area contributed by atoms with Crippen LogP contribution in [0.5, 0.6) is 6.01 Å². The Hall–Kier alpha value is -3.61. The van der Waals surface area contributed by atoms with Crippen LogP contribution in [0.2, 0.25) is 5.02 Å². The van der Waals surface area contributed by atoms with Crippen molar-refractivity contribution in [3.8, 4) is 17.3 Å². The maximum absolute atomic E-state index is 16.6. The number of alkyl halides is 3. The van der Waals surface area contributed by atoms with E-state index in [2.05, 4.69) is 33.3 Å². The van der Waals surface area contributed by atoms with Crippen LogP contribution in [0.3, 0.4) is 0 Å². The molecule has 0 bridgehead atoms. The van der Waals surface area contributed by atoms with Crippen LogP contribution in [0.15, 0.2) is 49.4 Å². The lowest BCUT2D eigenvalue weighted by Crippen LogP contribution is -2.43. The molecule has 0 aliphatic carbocycles. The number of halogens is 5. The molecule has 3 aromatic heterocycles. The summed E-state index contributed by atoms with van der Waals surface area (Å²) in [5.41, 5.74) is 0.993. The Morgan fingerprint density at radius 1 is 1.12 bits per heavy atom. The Balaban J connectivity index is 0.000000473. The molecule has 4 aliphatic heterocycles. The molecule has 4 saturated heterocycles. The largest absolute Gasteiger partial charge is 0.461 e. The lowest BCUT2D eigenvalue weighted by Gasteiger charge is -2.31. The average molecular weight is 701 g/mol. The minimum Gasteiger partial charge on any atom is -0.461 e. The smallest absolute Gasteiger partial charge is 0.409 e. The van der Waals surface area contributed by atoms with Gasteiger partial charge in [-0.15, -0.1) is 0 Å². The fourth-order valence-electron chi connectivity index (χ4n) is 7.92. The molecule has 2 unspecified atom stereocenters. The zero-order valence-electron chi connectivity index (χ0n) is 28.2. The number of hydrogen-bond donors (Lipinski definition) is 0. The van der Waals surface area contributed by atoms with Crippen molar-refractivity contribution in [2.45, 2.75) is 70.6 Å². The highest BCUT2D eigenvalue weighted by Gasteiger charge is 2.61. The molecule has 0 spiro atoms. The summed E-state index contributed by atoms with van der Waals surface area (Å²) >= 11 is 6.59. The van der Waals surface area contributed by atoms with Crippen molar-refractivity contribution < 1.29 is 26.8 Å². The van der Waals surface area contributed by atoms with Gasteiger partial charge in [0, 0.05) is 46.0 Å². The molecule has 49 heavy (non-hydrogen) atoms. The fraction of sp³-hybridized carbons (Fsp3) is 0.500. The van der Waals surface area contributed by atoms with Crippen LogP contribution < -0.4 is 9.64 Å². The molecule has 0 radical (unpaired) electrons. The number of nitrogens with zero attached hydrogens (tertiary/aromatic N) is 7. The van der Waals surface area contributed by atoms with E-state index in [1.54, 1.807) is 24.7 Å². The normalized spacial score (nSPS) is 22.2. The van der Waals surface area contributed by atoms with E-state index in [1.165, 1.54) is 19.4 Å². The highest BCUT2D eigenvalue weighted by Crippen LogP contribution is 2.43. The lowest BCUT2D eigenvalue weighted by atomic mass is 9.95. The number of aromatic nitrogens is 4. The minimum atomic E-state index is -4.19. The second kappa shape index (κ2) is 14.0. The highest BCUT2D eigenvalue weighted by atomic mass is 35.5. The van der Waals surface area contributed by atoms with Crippen molar-refractivity contribution in [3.05, 3.63) is 60.3 Å². The van der Waals surface area contributed by atoms with E-state index in [1.807, 2.05) is 26.0 Å². The van der Waals surface area contributed by atoms with Crippen molar-refractivity contribution >= 4 is 39.1 Å². The molecule has 1 aromatic carbocycles. The van der Waals surface area contributed by atoms with E-state index >= 15 is 4.39 Å². The molecule has 4 fully saturated rings. The number of pyridine rings is 2. The zero-order chi connectivity index (χ0) is 35.0. The number of quaternary nitrogens is 1. The van der Waals surface area contributed by atoms with Gasteiger partial charge in [0.05, 0.1) is 24.0 Å². The van der Waals surface area contributed by atoms with Gasteiger partial charge in [-0.1, -0.05) is 51.1 Å². The molecule has 4 aromatic rings. The number of benzene rings is 1. The third-order valence-electron chi connectivity index (χ3n) is 10.2. The first kappa shape index (κ1) is 35.2. The SMILES string of the molecule is C=CC(F)(F)F.CC.CCC[N+]12CC1CN(c1nc(OCC34CCCN3CCC4)nc3c(F)c(-c4cncc5cccc(Cl)c45)ncc13)C2. The molecule has 0 saturated carbocycles. The Morgan fingerprint density at radius 3 is 2.55 bits per heavy atom. The molecular formula is C36H43ClF4N7O+. The predicted octanol–water partition coefficient (Wildman–Crippen LogP) is 8.19. The first-order chi connectivity index (χ1) is 23.6. The molecule has 8 nitrogen and oxygen atoms in total. The average Bonchev–Trinajstić information content (AvgIpc) is 3.38. The number of allylic oxidation sites excluding steroid dienone is 1. The quantitative estimate of drug-likeness (QED) is 0.0834. The van der Waals surface area contributed by atoms with E-state index in [0.29, 0.717) is 34.4 Å². The zero-order valence-corrected chi connectivity index (χ0v) is 29.0. The number of rotatable bonds is 7. The fourth-order valence-corrected chi connectivity index (χ4v) is 8.20. The third kappa shape index (κ3) is 6.79. The van der Waals surface area contributed by atoms with E-state index in [4.69, 9.17) is 26.3 Å². The van der Waals surface area contributed by atoms with Crippen molar-refractivity contribution in [3.63, 3.8) is 0 Å². The van der Waals surface area contributed by atoms with Crippen LogP contribution in [0, 0.1) is 5.82 Å². The van der Waals surface area contributed by atoms with E-state index in [-0.39, 0.29) is 28.8 Å². The van der Waals surface area contributed by atoms with Gasteiger partial charge >= 0.3 is 12.2 Å². The Bertz CT molecular complexity index is 1820. The maximum atomic E-state index is 16.6. The van der Waals surface area contributed by atoms with Gasteiger partial charge in [-0.2, -0.15) is 23.1 Å². The van der Waals surface area contributed by atoms with Gasteiger partial charge in [-0.05, 0) is 51.3 Å². The Kier molecular flexibility index (Phi) is 10.0. The van der Waals surface area contributed by atoms with Crippen LogP contribution in [0.4, 0.5) is 23.4 Å². The van der Waals surface area contributed by atoms with Crippen LogP contribution in [-0.4, -0.2) is 93.1 Å². The maximum Gasteiger partial charge on any atom is 0.409 e. The van der Waals surface area contributed by atoms with Crippen LogP contribution >= 0.6 is 11.6 Å². The van der Waals surface area contributed by atoms with Gasteiger partial charge in [-0.25, -0.2) is 4.39 Å². The van der Waals surface area contributed by atoms with E-state index in [0.717, 1.165) is 67.4 Å². The lowest BCUT2D eigenvalue weighted by molar-refractivity contribution is -0.802. The van der Waals surface area contributed by atoms with Crippen LogP contribution in [0.1, 0.15) is 52.9 Å². The van der Waals surface area contributed by atoms with Crippen LogP contribution in [-0.2, 0) is 0 Å². The van der Waals surface area contributed by atoms with Crippen molar-refractivity contribution in [2.24, 2.45) is 0 Å². The Labute approximate surface area is 289 Å². The summed E-state index contributed by atoms with van der Waals surface area (Å²) in [5.74, 6) is 0.207.